The van der Waals surface area contributed by atoms with Gasteiger partial charge in [-0.05, 0) is 23.2 Å². The highest BCUT2D eigenvalue weighted by atomic mass is 35.5. The predicted molar refractivity (Wildman–Crippen MR) is 52.7 cm³/mol. The van der Waals surface area contributed by atoms with Gasteiger partial charge in [0.05, 0.1) is 6.54 Å². The van der Waals surface area contributed by atoms with Gasteiger partial charge >= 0.3 is 0 Å². The Labute approximate surface area is 86.7 Å². The largest absolute Gasteiger partial charge is 0.454 e. The van der Waals surface area contributed by atoms with E-state index >= 15 is 0 Å². The monoisotopic (exact) mass is 213 g/mol. The maximum atomic E-state index is 8.12. The van der Waals surface area contributed by atoms with Gasteiger partial charge in [0.2, 0.25) is 6.79 Å². The maximum absolute atomic E-state index is 8.12. The molecule has 0 radical (unpaired) electrons. The van der Waals surface area contributed by atoms with E-state index in [9.17, 15) is 0 Å². The molecule has 0 N–H and O–H groups in total. The molecule has 0 spiro atoms. The zero-order chi connectivity index (χ0) is 9.10. The van der Waals surface area contributed by atoms with Crippen LogP contribution >= 0.6 is 12.4 Å². The van der Waals surface area contributed by atoms with Crippen molar-refractivity contribution in [2.45, 2.75) is 6.54 Å². The van der Waals surface area contributed by atoms with Gasteiger partial charge in [-0.3, -0.25) is 0 Å². The summed E-state index contributed by atoms with van der Waals surface area (Å²) >= 11 is 0. The first-order valence-electron chi connectivity index (χ1n) is 3.79. The van der Waals surface area contributed by atoms with Crippen LogP contribution in [-0.4, -0.2) is 6.79 Å². The zero-order valence-corrected chi connectivity index (χ0v) is 8.03. The fourth-order valence-corrected chi connectivity index (χ4v) is 1.15. The van der Waals surface area contributed by atoms with Crippen molar-refractivity contribution in [1.29, 1.82) is 0 Å². The van der Waals surface area contributed by atoms with Crippen molar-refractivity contribution in [2.24, 2.45) is 5.11 Å². The molecular weight excluding hydrogens is 206 g/mol. The molecule has 5 nitrogen and oxygen atoms in total. The van der Waals surface area contributed by atoms with Gasteiger partial charge in [0, 0.05) is 4.91 Å². The van der Waals surface area contributed by atoms with Crippen LogP contribution in [0.25, 0.3) is 10.4 Å². The van der Waals surface area contributed by atoms with Crippen molar-refractivity contribution in [3.8, 4) is 11.5 Å². The summed E-state index contributed by atoms with van der Waals surface area (Å²) in [5.41, 5.74) is 9.04. The lowest BCUT2D eigenvalue weighted by atomic mass is 10.2. The number of rotatable bonds is 2. The van der Waals surface area contributed by atoms with E-state index < -0.39 is 0 Å². The highest BCUT2D eigenvalue weighted by Crippen LogP contribution is 2.32. The summed E-state index contributed by atoms with van der Waals surface area (Å²) in [6.45, 7) is 0.605. The number of azide groups is 1. The van der Waals surface area contributed by atoms with Crippen molar-refractivity contribution in [2.75, 3.05) is 6.79 Å². The molecule has 1 aromatic carbocycles. The summed E-state index contributed by atoms with van der Waals surface area (Å²) in [4.78, 5) is 2.68. The molecule has 0 saturated carbocycles. The van der Waals surface area contributed by atoms with Gasteiger partial charge in [-0.2, -0.15) is 0 Å². The molecule has 0 atom stereocenters. The first kappa shape index (κ1) is 10.5. The molecule has 0 fully saturated rings. The third-order valence-electron chi connectivity index (χ3n) is 1.75. The maximum Gasteiger partial charge on any atom is 0.231 e. The molecule has 1 heterocycles. The number of nitrogens with zero attached hydrogens (tertiary/aromatic N) is 3. The van der Waals surface area contributed by atoms with E-state index in [0.717, 1.165) is 11.3 Å². The lowest BCUT2D eigenvalue weighted by Crippen LogP contribution is -1.92. The minimum atomic E-state index is 0. The Kier molecular flexibility index (Phi) is 3.45. The van der Waals surface area contributed by atoms with Gasteiger partial charge in [-0.25, -0.2) is 0 Å². The van der Waals surface area contributed by atoms with E-state index in [1.54, 1.807) is 0 Å². The van der Waals surface area contributed by atoms with E-state index in [1.807, 2.05) is 18.2 Å². The van der Waals surface area contributed by atoms with Gasteiger partial charge in [-0.15, -0.1) is 12.4 Å². The van der Waals surface area contributed by atoms with Crippen LogP contribution in [0.2, 0.25) is 0 Å². The SMILES string of the molecule is Cl.[N-]=[N+]=NCc1ccc2c(c1)OCO2. The molecule has 2 rings (SSSR count). The standard InChI is InChI=1S/C8H7N3O2.ClH/c9-11-10-4-6-1-2-7-8(3-6)13-5-12-7;/h1-3H,4-5H2;1H. The highest BCUT2D eigenvalue weighted by molar-refractivity contribution is 5.85. The van der Waals surface area contributed by atoms with Crippen LogP contribution in [0.15, 0.2) is 23.3 Å². The normalized spacial score (nSPS) is 11.4. The summed E-state index contributed by atoms with van der Waals surface area (Å²) < 4.78 is 10.3. The Morgan fingerprint density at radius 3 is 2.93 bits per heavy atom. The Morgan fingerprint density at radius 2 is 2.14 bits per heavy atom. The van der Waals surface area contributed by atoms with Gasteiger partial charge in [0.15, 0.2) is 11.5 Å². The molecule has 0 aromatic heterocycles. The smallest absolute Gasteiger partial charge is 0.231 e. The van der Waals surface area contributed by atoms with Crippen LogP contribution in [0.1, 0.15) is 5.56 Å². The van der Waals surface area contributed by atoms with Crippen molar-refractivity contribution in [1.82, 2.24) is 0 Å². The Morgan fingerprint density at radius 1 is 1.36 bits per heavy atom. The van der Waals surface area contributed by atoms with Gasteiger partial charge in [0.1, 0.15) is 0 Å². The molecule has 1 aromatic rings. The molecule has 0 amide bonds. The first-order valence-corrected chi connectivity index (χ1v) is 3.79. The summed E-state index contributed by atoms with van der Waals surface area (Å²) in [6.07, 6.45) is 0. The lowest BCUT2D eigenvalue weighted by Gasteiger charge is -1.97. The second-order valence-electron chi connectivity index (χ2n) is 2.58. The second-order valence-corrected chi connectivity index (χ2v) is 2.58. The van der Waals surface area contributed by atoms with E-state index in [-0.39, 0.29) is 19.2 Å². The molecule has 0 aliphatic carbocycles. The third kappa shape index (κ3) is 2.02. The number of hydrogen-bond donors (Lipinski definition) is 0. The summed E-state index contributed by atoms with van der Waals surface area (Å²) in [5, 5.41) is 3.45. The van der Waals surface area contributed by atoms with Crippen molar-refractivity contribution in [3.05, 3.63) is 34.2 Å². The predicted octanol–water partition coefficient (Wildman–Crippen LogP) is 2.65. The molecular formula is C8H8ClN3O2. The van der Waals surface area contributed by atoms with Gasteiger partial charge < -0.3 is 9.47 Å². The Bertz CT molecular complexity index is 377. The molecule has 0 saturated heterocycles. The minimum absolute atomic E-state index is 0. The van der Waals surface area contributed by atoms with Crippen molar-refractivity contribution < 1.29 is 9.47 Å². The highest BCUT2D eigenvalue weighted by Gasteiger charge is 2.12. The second kappa shape index (κ2) is 4.60. The number of halogens is 1. The topological polar surface area (TPSA) is 67.2 Å². The number of hydrogen-bond acceptors (Lipinski definition) is 3. The first-order chi connectivity index (χ1) is 6.40. The number of ether oxygens (including phenoxy) is 2. The van der Waals surface area contributed by atoms with Gasteiger partial charge in [0.25, 0.3) is 0 Å². The average molecular weight is 214 g/mol. The van der Waals surface area contributed by atoms with E-state index in [4.69, 9.17) is 15.0 Å². The summed E-state index contributed by atoms with van der Waals surface area (Å²) in [6, 6.07) is 5.48. The van der Waals surface area contributed by atoms with Crippen molar-refractivity contribution in [3.63, 3.8) is 0 Å². The van der Waals surface area contributed by atoms with Crippen molar-refractivity contribution >= 4 is 12.4 Å². The molecule has 0 bridgehead atoms. The zero-order valence-electron chi connectivity index (χ0n) is 7.21. The molecule has 6 heteroatoms. The minimum Gasteiger partial charge on any atom is -0.454 e. The quantitative estimate of drug-likeness (QED) is 0.431. The molecule has 74 valence electrons. The lowest BCUT2D eigenvalue weighted by molar-refractivity contribution is 0.174. The van der Waals surface area contributed by atoms with Crippen LogP contribution in [0.5, 0.6) is 11.5 Å². The number of benzene rings is 1. The van der Waals surface area contributed by atoms with E-state index in [1.165, 1.54) is 0 Å². The van der Waals surface area contributed by atoms with Crippen LogP contribution in [0, 0.1) is 0 Å². The average Bonchev–Trinajstić information content (AvgIpc) is 2.61. The summed E-state index contributed by atoms with van der Waals surface area (Å²) in [7, 11) is 0. The van der Waals surface area contributed by atoms with Gasteiger partial charge in [-0.1, -0.05) is 11.2 Å². The molecule has 14 heavy (non-hydrogen) atoms. The fourth-order valence-electron chi connectivity index (χ4n) is 1.15. The Hall–Kier alpha value is -1.58. The van der Waals surface area contributed by atoms with Crippen LogP contribution in [0.4, 0.5) is 0 Å². The molecule has 0 unspecified atom stereocenters. The number of fused-ring (bicyclic) bond motifs is 1. The van der Waals surface area contributed by atoms with Crippen LogP contribution < -0.4 is 9.47 Å². The van der Waals surface area contributed by atoms with Crippen LogP contribution in [-0.2, 0) is 6.54 Å². The van der Waals surface area contributed by atoms with E-state index in [0.29, 0.717) is 12.3 Å². The van der Waals surface area contributed by atoms with E-state index in [2.05, 4.69) is 10.0 Å². The molecule has 1 aliphatic rings. The van der Waals surface area contributed by atoms with Crippen LogP contribution in [0.3, 0.4) is 0 Å². The molecule has 1 aliphatic heterocycles. The Balaban J connectivity index is 0.000000980. The summed E-state index contributed by atoms with van der Waals surface area (Å²) in [5.74, 6) is 1.45. The third-order valence-corrected chi connectivity index (χ3v) is 1.75. The fraction of sp³-hybridized carbons (Fsp3) is 0.250.